The topological polar surface area (TPSA) is 71.0 Å². The van der Waals surface area contributed by atoms with E-state index in [1.54, 1.807) is 24.0 Å². The molecular formula is C29H30N4O2. The van der Waals surface area contributed by atoms with Crippen molar-refractivity contribution in [1.29, 1.82) is 0 Å². The van der Waals surface area contributed by atoms with Gasteiger partial charge in [-0.1, -0.05) is 39.0 Å². The fourth-order valence-electron chi connectivity index (χ4n) is 6.32. The lowest BCUT2D eigenvalue weighted by Gasteiger charge is -2.61. The Morgan fingerprint density at radius 1 is 1.06 bits per heavy atom. The Morgan fingerprint density at radius 2 is 1.86 bits per heavy atom. The van der Waals surface area contributed by atoms with Gasteiger partial charge in [0.05, 0.1) is 17.4 Å². The lowest BCUT2D eigenvalue weighted by molar-refractivity contribution is -0.0261. The quantitative estimate of drug-likeness (QED) is 0.466. The number of hydrogen-bond donors (Lipinski definition) is 1. The van der Waals surface area contributed by atoms with Gasteiger partial charge in [-0.2, -0.15) is 0 Å². The monoisotopic (exact) mass is 466 g/mol. The molecule has 1 aliphatic carbocycles. The summed E-state index contributed by atoms with van der Waals surface area (Å²) in [4.78, 5) is 35.1. The van der Waals surface area contributed by atoms with E-state index < -0.39 is 0 Å². The number of nitrogens with one attached hydrogen (secondary N) is 1. The van der Waals surface area contributed by atoms with E-state index in [9.17, 15) is 9.59 Å². The van der Waals surface area contributed by atoms with Crippen molar-refractivity contribution in [2.75, 3.05) is 6.54 Å². The van der Waals surface area contributed by atoms with Crippen LogP contribution < -0.4 is 5.56 Å². The summed E-state index contributed by atoms with van der Waals surface area (Å²) < 4.78 is 1.63. The molecule has 6 rings (SSSR count). The Balaban J connectivity index is 1.39. The maximum absolute atomic E-state index is 13.7. The molecule has 2 aliphatic rings. The highest BCUT2D eigenvalue weighted by Gasteiger charge is 2.56. The zero-order valence-corrected chi connectivity index (χ0v) is 20.6. The van der Waals surface area contributed by atoms with Crippen molar-refractivity contribution >= 4 is 16.9 Å². The van der Waals surface area contributed by atoms with Crippen LogP contribution in [0.5, 0.6) is 0 Å². The average Bonchev–Trinajstić information content (AvgIpc) is 3.31. The van der Waals surface area contributed by atoms with Gasteiger partial charge < -0.3 is 14.5 Å². The predicted molar refractivity (Wildman–Crippen MR) is 137 cm³/mol. The van der Waals surface area contributed by atoms with E-state index in [0.29, 0.717) is 5.56 Å². The van der Waals surface area contributed by atoms with Gasteiger partial charge in [-0.25, -0.2) is 4.98 Å². The summed E-state index contributed by atoms with van der Waals surface area (Å²) in [6, 6.07) is 16.1. The molecule has 0 spiro atoms. The van der Waals surface area contributed by atoms with Crippen molar-refractivity contribution < 1.29 is 4.79 Å². The number of nitrogens with zero attached hydrogens (tertiary/aromatic N) is 3. The maximum atomic E-state index is 13.7. The number of carbonyl (C=O) groups excluding carboxylic acids is 1. The fourth-order valence-corrected chi connectivity index (χ4v) is 6.32. The van der Waals surface area contributed by atoms with Gasteiger partial charge in [-0.15, -0.1) is 0 Å². The molecule has 35 heavy (non-hydrogen) atoms. The van der Waals surface area contributed by atoms with E-state index in [4.69, 9.17) is 0 Å². The maximum Gasteiger partial charge on any atom is 0.254 e. The van der Waals surface area contributed by atoms with Gasteiger partial charge in [-0.3, -0.25) is 9.59 Å². The number of benzene rings is 2. The van der Waals surface area contributed by atoms with E-state index >= 15 is 0 Å². The summed E-state index contributed by atoms with van der Waals surface area (Å²) in [5.74, 6) is 0.0897. The summed E-state index contributed by atoms with van der Waals surface area (Å²) in [7, 11) is 1.79. The lowest BCUT2D eigenvalue weighted by Crippen LogP contribution is -2.64. The number of H-pyrrole nitrogens is 1. The molecule has 1 N–H and O–H groups in total. The van der Waals surface area contributed by atoms with Crippen LogP contribution in [0.25, 0.3) is 22.2 Å². The fraction of sp³-hybridized carbons (Fsp3) is 0.345. The first kappa shape index (κ1) is 21.8. The van der Waals surface area contributed by atoms with E-state index in [-0.39, 0.29) is 28.3 Å². The van der Waals surface area contributed by atoms with Crippen LogP contribution in [0.3, 0.4) is 0 Å². The lowest BCUT2D eigenvalue weighted by atomic mass is 9.51. The molecule has 0 saturated carbocycles. The SMILES string of the molecule is Cn1cc(-c2ccc3c(c2)[C@]2(C)CCN(C(=O)c4ccc5nc[nH]c5c4)[C@H](C3)C2(C)C)ccc1=O. The van der Waals surface area contributed by atoms with E-state index in [1.165, 1.54) is 11.1 Å². The van der Waals surface area contributed by atoms with Crippen LogP contribution in [-0.2, 0) is 18.9 Å². The van der Waals surface area contributed by atoms with Crippen molar-refractivity contribution in [2.45, 2.75) is 45.1 Å². The number of aromatic amines is 1. The minimum absolute atomic E-state index is 0.00800. The van der Waals surface area contributed by atoms with Crippen LogP contribution in [-0.4, -0.2) is 37.9 Å². The molecule has 1 amide bonds. The summed E-state index contributed by atoms with van der Waals surface area (Å²) in [6.07, 6.45) is 5.30. The number of carbonyl (C=O) groups is 1. The normalized spacial score (nSPS) is 22.7. The second kappa shape index (κ2) is 7.41. The number of aromatic nitrogens is 3. The summed E-state index contributed by atoms with van der Waals surface area (Å²) in [5.41, 5.74) is 7.14. The Labute approximate surface area is 204 Å². The molecule has 2 atom stereocenters. The van der Waals surface area contributed by atoms with Crippen LogP contribution in [0.1, 0.15) is 48.7 Å². The third-order valence-corrected chi connectivity index (χ3v) is 8.95. The first-order chi connectivity index (χ1) is 16.7. The van der Waals surface area contributed by atoms with Crippen LogP contribution in [0.2, 0.25) is 0 Å². The van der Waals surface area contributed by atoms with Crippen molar-refractivity contribution in [1.82, 2.24) is 19.4 Å². The van der Waals surface area contributed by atoms with Crippen LogP contribution in [0.15, 0.2) is 65.8 Å². The van der Waals surface area contributed by atoms with E-state index in [1.807, 2.05) is 30.5 Å². The molecule has 0 unspecified atom stereocenters. The Hall–Kier alpha value is -3.67. The number of piperidine rings is 1. The molecule has 2 aromatic heterocycles. The highest BCUT2D eigenvalue weighted by Crippen LogP contribution is 2.56. The minimum Gasteiger partial charge on any atom is -0.345 e. The zero-order valence-electron chi connectivity index (χ0n) is 20.6. The predicted octanol–water partition coefficient (Wildman–Crippen LogP) is 4.68. The van der Waals surface area contributed by atoms with Gasteiger partial charge in [0.1, 0.15) is 0 Å². The average molecular weight is 467 g/mol. The number of fused-ring (bicyclic) bond motifs is 5. The molecule has 1 aliphatic heterocycles. The number of amides is 1. The number of pyridine rings is 1. The molecule has 0 radical (unpaired) electrons. The van der Waals surface area contributed by atoms with Gasteiger partial charge in [0, 0.05) is 42.9 Å². The molecule has 2 aromatic carbocycles. The molecule has 3 heterocycles. The van der Waals surface area contributed by atoms with Crippen molar-refractivity contribution in [3.8, 4) is 11.1 Å². The second-order valence-electron chi connectivity index (χ2n) is 10.9. The minimum atomic E-state index is -0.103. The number of rotatable bonds is 2. The van der Waals surface area contributed by atoms with Gasteiger partial charge in [0.15, 0.2) is 0 Å². The van der Waals surface area contributed by atoms with Crippen LogP contribution in [0, 0.1) is 5.41 Å². The Bertz CT molecular complexity index is 1550. The molecule has 6 heteroatoms. The van der Waals surface area contributed by atoms with Gasteiger partial charge >= 0.3 is 0 Å². The highest BCUT2D eigenvalue weighted by molar-refractivity contribution is 5.97. The Morgan fingerprint density at radius 3 is 2.66 bits per heavy atom. The van der Waals surface area contributed by atoms with Gasteiger partial charge in [0.25, 0.3) is 5.91 Å². The molecule has 6 nitrogen and oxygen atoms in total. The van der Waals surface area contributed by atoms with Crippen molar-refractivity contribution in [2.24, 2.45) is 12.5 Å². The molecule has 178 valence electrons. The Kier molecular flexibility index (Phi) is 4.62. The van der Waals surface area contributed by atoms with Crippen molar-refractivity contribution in [3.05, 3.63) is 88.1 Å². The molecule has 2 bridgehead atoms. The summed E-state index contributed by atoms with van der Waals surface area (Å²) in [5, 5.41) is 0. The summed E-state index contributed by atoms with van der Waals surface area (Å²) in [6.45, 7) is 7.73. The molecular weight excluding hydrogens is 436 g/mol. The van der Waals surface area contributed by atoms with Crippen LogP contribution in [0.4, 0.5) is 0 Å². The smallest absolute Gasteiger partial charge is 0.254 e. The van der Waals surface area contributed by atoms with Crippen LogP contribution >= 0.6 is 0 Å². The summed E-state index contributed by atoms with van der Waals surface area (Å²) >= 11 is 0. The number of imidazole rings is 1. The van der Waals surface area contributed by atoms with E-state index in [0.717, 1.165) is 41.5 Å². The number of aryl methyl sites for hydroxylation is 1. The first-order valence-electron chi connectivity index (χ1n) is 12.2. The third kappa shape index (κ3) is 3.12. The first-order valence-corrected chi connectivity index (χ1v) is 12.2. The largest absolute Gasteiger partial charge is 0.345 e. The third-order valence-electron chi connectivity index (χ3n) is 8.95. The van der Waals surface area contributed by atoms with Crippen molar-refractivity contribution in [3.63, 3.8) is 0 Å². The molecule has 4 aromatic rings. The number of likely N-dealkylation sites (tertiary alicyclic amines) is 1. The highest BCUT2D eigenvalue weighted by atomic mass is 16.2. The zero-order chi connectivity index (χ0) is 24.5. The number of hydrogen-bond acceptors (Lipinski definition) is 3. The second-order valence-corrected chi connectivity index (χ2v) is 10.9. The molecule has 1 saturated heterocycles. The van der Waals surface area contributed by atoms with Gasteiger partial charge in [-0.05, 0) is 64.8 Å². The van der Waals surface area contributed by atoms with Gasteiger partial charge in [0.2, 0.25) is 5.56 Å². The molecule has 1 fully saturated rings. The van der Waals surface area contributed by atoms with E-state index in [2.05, 4.69) is 53.8 Å². The standard InChI is InChI=1S/C29H30N4O2/c1-28(2)25-15-19-6-5-18(21-8-10-26(34)32(4)16-21)13-22(19)29(28,3)11-12-33(25)27(35)20-7-9-23-24(14-20)31-17-30-23/h5-10,13-14,16-17,25H,11-12,15H2,1-4H3,(H,30,31)/t25-,29+/m1/s1.